The van der Waals surface area contributed by atoms with Gasteiger partial charge in [0.1, 0.15) is 6.04 Å². The zero-order valence-corrected chi connectivity index (χ0v) is 10.9. The lowest BCUT2D eigenvalue weighted by Crippen LogP contribution is -2.44. The molecule has 0 saturated carbocycles. The van der Waals surface area contributed by atoms with Crippen molar-refractivity contribution in [3.05, 3.63) is 35.9 Å². The van der Waals surface area contributed by atoms with Crippen molar-refractivity contribution in [3.63, 3.8) is 0 Å². The molecule has 0 aliphatic carbocycles. The van der Waals surface area contributed by atoms with Crippen molar-refractivity contribution in [2.75, 3.05) is 0 Å². The summed E-state index contributed by atoms with van der Waals surface area (Å²) in [6, 6.07) is 8.16. The molecule has 0 bridgehead atoms. The minimum absolute atomic E-state index is 0.411. The minimum Gasteiger partial charge on any atom is -0.480 e. The Bertz CT molecular complexity index is 408. The van der Waals surface area contributed by atoms with Crippen LogP contribution >= 0.6 is 11.6 Å². The highest BCUT2D eigenvalue weighted by Crippen LogP contribution is 2.06. The number of nitrogens with one attached hydrogen (secondary N) is 1. The van der Waals surface area contributed by atoms with Crippen molar-refractivity contribution >= 4 is 22.8 Å². The second-order valence-corrected chi connectivity index (χ2v) is 4.48. The van der Waals surface area contributed by atoms with E-state index in [1.165, 1.54) is 0 Å². The number of carboxylic acid groups (broad SMARTS) is 1. The van der Waals surface area contributed by atoms with E-state index in [-0.39, 0.29) is 0 Å². The summed E-state index contributed by atoms with van der Waals surface area (Å²) >= 11 is 5.30. The van der Waals surface area contributed by atoms with Crippen molar-refractivity contribution in [2.45, 2.75) is 31.8 Å². The highest BCUT2D eigenvalue weighted by molar-refractivity contribution is 6.64. The molecule has 18 heavy (non-hydrogen) atoms. The van der Waals surface area contributed by atoms with E-state index in [2.05, 4.69) is 5.32 Å². The molecule has 4 nitrogen and oxygen atoms in total. The van der Waals surface area contributed by atoms with E-state index >= 15 is 0 Å². The van der Waals surface area contributed by atoms with Gasteiger partial charge >= 0.3 is 5.97 Å². The second-order valence-electron chi connectivity index (χ2n) is 4.11. The van der Waals surface area contributed by atoms with Gasteiger partial charge in [0, 0.05) is 0 Å². The standard InChI is InChI=1S/C13H16ClNO3/c1-9(12(14)16)15-11(13(17)18)8-7-10-5-3-2-4-6-10/h2-6,9,11,15H,7-8H2,1H3,(H,17,18)/t9-,11?/m0/s1. The first-order chi connectivity index (χ1) is 8.50. The predicted octanol–water partition coefficient (Wildman–Crippen LogP) is 1.82. The molecule has 0 aromatic heterocycles. The molecular formula is C13H16ClNO3. The van der Waals surface area contributed by atoms with E-state index in [0.29, 0.717) is 12.8 Å². The van der Waals surface area contributed by atoms with Gasteiger partial charge < -0.3 is 5.11 Å². The van der Waals surface area contributed by atoms with Gasteiger partial charge in [-0.1, -0.05) is 30.3 Å². The van der Waals surface area contributed by atoms with Gasteiger partial charge in [-0.25, -0.2) is 0 Å². The molecule has 1 rings (SSSR count). The third-order valence-electron chi connectivity index (χ3n) is 2.65. The first-order valence-corrected chi connectivity index (χ1v) is 6.10. The Morgan fingerprint density at radius 1 is 1.33 bits per heavy atom. The summed E-state index contributed by atoms with van der Waals surface area (Å²) < 4.78 is 0. The Morgan fingerprint density at radius 3 is 2.44 bits per heavy atom. The molecule has 0 aliphatic heterocycles. The zero-order chi connectivity index (χ0) is 13.5. The van der Waals surface area contributed by atoms with Crippen LogP contribution in [0.15, 0.2) is 30.3 Å². The Morgan fingerprint density at radius 2 is 1.94 bits per heavy atom. The zero-order valence-electron chi connectivity index (χ0n) is 10.1. The lowest BCUT2D eigenvalue weighted by Gasteiger charge is -2.17. The number of halogens is 1. The summed E-state index contributed by atoms with van der Waals surface area (Å²) in [4.78, 5) is 21.9. The van der Waals surface area contributed by atoms with E-state index in [1.807, 2.05) is 30.3 Å². The van der Waals surface area contributed by atoms with Crippen LogP contribution in [0.2, 0.25) is 0 Å². The minimum atomic E-state index is -0.976. The molecule has 2 N–H and O–H groups in total. The van der Waals surface area contributed by atoms with Crippen molar-refractivity contribution in [1.82, 2.24) is 5.32 Å². The highest BCUT2D eigenvalue weighted by atomic mass is 35.5. The van der Waals surface area contributed by atoms with Crippen LogP contribution in [-0.4, -0.2) is 28.4 Å². The van der Waals surface area contributed by atoms with Gasteiger partial charge in [-0.3, -0.25) is 14.9 Å². The van der Waals surface area contributed by atoms with E-state index in [0.717, 1.165) is 5.56 Å². The van der Waals surface area contributed by atoms with Crippen LogP contribution in [0, 0.1) is 0 Å². The van der Waals surface area contributed by atoms with Crippen LogP contribution in [0.4, 0.5) is 0 Å². The number of aryl methyl sites for hydroxylation is 1. The number of hydrogen-bond acceptors (Lipinski definition) is 3. The number of aliphatic carboxylic acids is 1. The number of carbonyl (C=O) groups is 2. The van der Waals surface area contributed by atoms with Gasteiger partial charge in [0.2, 0.25) is 5.24 Å². The van der Waals surface area contributed by atoms with Gasteiger partial charge in [-0.15, -0.1) is 0 Å². The fourth-order valence-corrected chi connectivity index (χ4v) is 1.66. The second kappa shape index (κ2) is 7.13. The molecule has 0 aliphatic rings. The van der Waals surface area contributed by atoms with Gasteiger partial charge in [0.05, 0.1) is 6.04 Å². The summed E-state index contributed by atoms with van der Waals surface area (Å²) in [7, 11) is 0. The molecule has 0 saturated heterocycles. The van der Waals surface area contributed by atoms with Crippen molar-refractivity contribution in [3.8, 4) is 0 Å². The lowest BCUT2D eigenvalue weighted by atomic mass is 10.0. The lowest BCUT2D eigenvalue weighted by molar-refractivity contribution is -0.139. The number of carbonyl (C=O) groups excluding carboxylic acids is 1. The van der Waals surface area contributed by atoms with E-state index < -0.39 is 23.3 Å². The molecule has 0 heterocycles. The molecule has 0 spiro atoms. The molecular weight excluding hydrogens is 254 g/mol. The molecule has 2 atom stereocenters. The topological polar surface area (TPSA) is 66.4 Å². The van der Waals surface area contributed by atoms with E-state index in [9.17, 15) is 9.59 Å². The number of hydrogen-bond donors (Lipinski definition) is 2. The maximum atomic E-state index is 11.1. The van der Waals surface area contributed by atoms with Crippen LogP contribution in [0.5, 0.6) is 0 Å². The molecule has 1 aromatic rings. The molecule has 0 fully saturated rings. The average Bonchev–Trinajstić information content (AvgIpc) is 2.34. The normalized spacial score (nSPS) is 13.9. The van der Waals surface area contributed by atoms with Crippen molar-refractivity contribution < 1.29 is 14.7 Å². The summed E-state index contributed by atoms with van der Waals surface area (Å²) in [6.45, 7) is 1.55. The number of benzene rings is 1. The maximum Gasteiger partial charge on any atom is 0.320 e. The van der Waals surface area contributed by atoms with Crippen LogP contribution in [0.3, 0.4) is 0 Å². The SMILES string of the molecule is C[C@H](NC(CCc1ccccc1)C(=O)O)C(=O)Cl. The summed E-state index contributed by atoms with van der Waals surface area (Å²) in [6.07, 6.45) is 1.04. The molecule has 98 valence electrons. The summed E-state index contributed by atoms with van der Waals surface area (Å²) in [5, 5.41) is 11.2. The van der Waals surface area contributed by atoms with Crippen molar-refractivity contribution in [2.24, 2.45) is 0 Å². The van der Waals surface area contributed by atoms with E-state index in [1.54, 1.807) is 6.92 Å². The highest BCUT2D eigenvalue weighted by Gasteiger charge is 2.21. The Labute approximate surface area is 111 Å². The van der Waals surface area contributed by atoms with Gasteiger partial charge in [-0.05, 0) is 36.9 Å². The Hall–Kier alpha value is -1.39. The Kier molecular flexibility index (Phi) is 5.82. The maximum absolute atomic E-state index is 11.1. The molecule has 5 heteroatoms. The Balaban J connectivity index is 2.53. The van der Waals surface area contributed by atoms with Crippen LogP contribution in [0.1, 0.15) is 18.9 Å². The molecule has 1 aromatic carbocycles. The monoisotopic (exact) mass is 269 g/mol. The van der Waals surface area contributed by atoms with E-state index in [4.69, 9.17) is 16.7 Å². The number of rotatable bonds is 7. The fraction of sp³-hybridized carbons (Fsp3) is 0.385. The number of carboxylic acids is 1. The summed E-state index contributed by atoms with van der Waals surface area (Å²) in [5.74, 6) is -0.976. The fourth-order valence-electron chi connectivity index (χ4n) is 1.60. The smallest absolute Gasteiger partial charge is 0.320 e. The first-order valence-electron chi connectivity index (χ1n) is 5.73. The largest absolute Gasteiger partial charge is 0.480 e. The third-order valence-corrected chi connectivity index (χ3v) is 2.98. The van der Waals surface area contributed by atoms with Gasteiger partial charge in [-0.2, -0.15) is 0 Å². The molecule has 1 unspecified atom stereocenters. The van der Waals surface area contributed by atoms with Gasteiger partial charge in [0.25, 0.3) is 0 Å². The van der Waals surface area contributed by atoms with Gasteiger partial charge in [0.15, 0.2) is 0 Å². The predicted molar refractivity (Wildman–Crippen MR) is 69.6 cm³/mol. The quantitative estimate of drug-likeness (QED) is 0.741. The van der Waals surface area contributed by atoms with Crippen LogP contribution in [0.25, 0.3) is 0 Å². The third kappa shape index (κ3) is 4.85. The van der Waals surface area contributed by atoms with Crippen LogP contribution < -0.4 is 5.32 Å². The van der Waals surface area contributed by atoms with Crippen molar-refractivity contribution in [1.29, 1.82) is 0 Å². The molecule has 0 radical (unpaired) electrons. The van der Waals surface area contributed by atoms with Crippen LogP contribution in [-0.2, 0) is 16.0 Å². The first kappa shape index (κ1) is 14.7. The molecule has 0 amide bonds. The summed E-state index contributed by atoms with van der Waals surface area (Å²) in [5.41, 5.74) is 1.07. The average molecular weight is 270 g/mol.